The van der Waals surface area contributed by atoms with Gasteiger partial charge in [0.2, 0.25) is 0 Å². The van der Waals surface area contributed by atoms with Crippen molar-refractivity contribution < 1.29 is 9.47 Å². The normalized spacial score (nSPS) is 10.3. The number of halogens is 1. The molecule has 26 heavy (non-hydrogen) atoms. The minimum absolute atomic E-state index is 0.317. The monoisotopic (exact) mass is 372 g/mol. The van der Waals surface area contributed by atoms with Crippen molar-refractivity contribution >= 4 is 40.3 Å². The van der Waals surface area contributed by atoms with Crippen LogP contribution >= 0.6 is 11.6 Å². The molecule has 0 fully saturated rings. The van der Waals surface area contributed by atoms with Crippen LogP contribution in [0, 0.1) is 0 Å². The van der Waals surface area contributed by atoms with Gasteiger partial charge in [0.1, 0.15) is 23.5 Å². The van der Waals surface area contributed by atoms with Crippen LogP contribution in [0.5, 0.6) is 11.5 Å². The molecule has 2 aromatic heterocycles. The van der Waals surface area contributed by atoms with E-state index in [0.717, 1.165) is 0 Å². The maximum Gasteiger partial charge on any atom is 0.159 e. The summed E-state index contributed by atoms with van der Waals surface area (Å²) in [5.74, 6) is 2.10. The lowest BCUT2D eigenvalue weighted by Crippen LogP contribution is -2.06. The number of hydrogen-bond donors (Lipinski definition) is 3. The summed E-state index contributed by atoms with van der Waals surface area (Å²) in [6, 6.07) is 8.90. The Balaban J connectivity index is 1.89. The molecule has 0 aliphatic heterocycles. The predicted molar refractivity (Wildman–Crippen MR) is 102 cm³/mol. The molecule has 0 radical (unpaired) electrons. The zero-order valence-corrected chi connectivity index (χ0v) is 14.9. The molecule has 8 nitrogen and oxygen atoms in total. The average Bonchev–Trinajstić information content (AvgIpc) is 2.67. The van der Waals surface area contributed by atoms with Crippen molar-refractivity contribution in [3.05, 3.63) is 48.0 Å². The Bertz CT molecular complexity index is 922. The van der Waals surface area contributed by atoms with Crippen molar-refractivity contribution in [1.29, 1.82) is 0 Å². The Labute approximate surface area is 155 Å². The number of aromatic nitrogens is 3. The molecule has 1 aromatic carbocycles. The summed E-state index contributed by atoms with van der Waals surface area (Å²) in [6.07, 6.45) is 2.99. The molecule has 3 rings (SSSR count). The summed E-state index contributed by atoms with van der Waals surface area (Å²) < 4.78 is 10.6. The first-order chi connectivity index (χ1) is 12.6. The van der Waals surface area contributed by atoms with Crippen molar-refractivity contribution in [3.8, 4) is 11.5 Å². The number of hydrogen-bond acceptors (Lipinski definition) is 8. The number of anilines is 5. The molecule has 0 aliphatic carbocycles. The van der Waals surface area contributed by atoms with Gasteiger partial charge in [0.15, 0.2) is 16.8 Å². The van der Waals surface area contributed by atoms with Gasteiger partial charge in [-0.15, -0.1) is 0 Å². The van der Waals surface area contributed by atoms with Crippen LogP contribution < -0.4 is 25.8 Å². The van der Waals surface area contributed by atoms with Crippen LogP contribution in [-0.4, -0.2) is 29.2 Å². The molecule has 0 unspecified atom stereocenters. The number of nitrogens with two attached hydrogens (primary N) is 1. The topological polar surface area (TPSA) is 107 Å². The Kier molecular flexibility index (Phi) is 5.23. The largest absolute Gasteiger partial charge is 0.497 e. The molecule has 9 heteroatoms. The fourth-order valence-electron chi connectivity index (χ4n) is 2.23. The van der Waals surface area contributed by atoms with Crippen LogP contribution in [-0.2, 0) is 0 Å². The second-order valence-electron chi connectivity index (χ2n) is 5.14. The smallest absolute Gasteiger partial charge is 0.159 e. The molecule has 0 saturated heterocycles. The lowest BCUT2D eigenvalue weighted by atomic mass is 10.2. The van der Waals surface area contributed by atoms with Gasteiger partial charge in [-0.1, -0.05) is 11.6 Å². The molecular weight excluding hydrogens is 356 g/mol. The molecule has 0 spiro atoms. The van der Waals surface area contributed by atoms with Gasteiger partial charge in [-0.05, 0) is 24.3 Å². The Morgan fingerprint density at radius 2 is 1.69 bits per heavy atom. The number of nitrogens with one attached hydrogen (secondary N) is 2. The van der Waals surface area contributed by atoms with E-state index in [9.17, 15) is 0 Å². The van der Waals surface area contributed by atoms with Crippen molar-refractivity contribution in [2.75, 3.05) is 30.6 Å². The lowest BCUT2D eigenvalue weighted by Gasteiger charge is -2.15. The number of ether oxygens (including phenoxy) is 2. The van der Waals surface area contributed by atoms with Crippen LogP contribution in [0.15, 0.2) is 42.9 Å². The summed E-state index contributed by atoms with van der Waals surface area (Å²) >= 11 is 6.06. The van der Waals surface area contributed by atoms with E-state index in [1.54, 1.807) is 44.7 Å². The van der Waals surface area contributed by atoms with Crippen molar-refractivity contribution in [2.24, 2.45) is 0 Å². The van der Waals surface area contributed by atoms with Gasteiger partial charge < -0.3 is 25.8 Å². The van der Waals surface area contributed by atoms with Gasteiger partial charge in [-0.3, -0.25) is 0 Å². The molecule has 0 amide bonds. The fraction of sp³-hybridized carbons (Fsp3) is 0.118. The van der Waals surface area contributed by atoms with Gasteiger partial charge >= 0.3 is 0 Å². The SMILES string of the molecule is COc1ccc(Nc2ncnc(Nc3cccnc3Cl)c2N)c(OC)c1. The van der Waals surface area contributed by atoms with Gasteiger partial charge in [0.05, 0.1) is 25.6 Å². The zero-order chi connectivity index (χ0) is 18.5. The summed E-state index contributed by atoms with van der Waals surface area (Å²) in [6.45, 7) is 0. The molecule has 0 atom stereocenters. The highest BCUT2D eigenvalue weighted by molar-refractivity contribution is 6.32. The minimum atomic E-state index is 0.317. The maximum absolute atomic E-state index is 6.20. The number of pyridine rings is 1. The lowest BCUT2D eigenvalue weighted by molar-refractivity contribution is 0.395. The Morgan fingerprint density at radius 3 is 2.35 bits per heavy atom. The third-order valence-corrected chi connectivity index (χ3v) is 3.86. The van der Waals surface area contributed by atoms with E-state index in [1.807, 2.05) is 6.07 Å². The summed E-state index contributed by atoms with van der Waals surface area (Å²) in [7, 11) is 3.16. The predicted octanol–water partition coefficient (Wildman–Crippen LogP) is 3.61. The van der Waals surface area contributed by atoms with E-state index in [2.05, 4.69) is 25.6 Å². The third kappa shape index (κ3) is 3.70. The van der Waals surface area contributed by atoms with Crippen LogP contribution in [0.2, 0.25) is 5.15 Å². The number of methoxy groups -OCH3 is 2. The average molecular weight is 373 g/mol. The van der Waals surface area contributed by atoms with Gasteiger partial charge in [0, 0.05) is 12.3 Å². The third-order valence-electron chi connectivity index (χ3n) is 3.56. The summed E-state index contributed by atoms with van der Waals surface area (Å²) in [5, 5.41) is 6.51. The number of rotatable bonds is 6. The fourth-order valence-corrected chi connectivity index (χ4v) is 2.40. The van der Waals surface area contributed by atoms with E-state index >= 15 is 0 Å². The molecule has 2 heterocycles. The number of nitrogen functional groups attached to an aromatic ring is 1. The van der Waals surface area contributed by atoms with E-state index in [0.29, 0.717) is 45.4 Å². The number of benzene rings is 1. The van der Waals surface area contributed by atoms with E-state index in [-0.39, 0.29) is 0 Å². The Hall–Kier alpha value is -3.26. The molecule has 3 aromatic rings. The van der Waals surface area contributed by atoms with Crippen LogP contribution in [0.3, 0.4) is 0 Å². The van der Waals surface area contributed by atoms with Gasteiger partial charge in [-0.25, -0.2) is 15.0 Å². The highest BCUT2D eigenvalue weighted by Gasteiger charge is 2.13. The zero-order valence-electron chi connectivity index (χ0n) is 14.2. The molecule has 0 bridgehead atoms. The van der Waals surface area contributed by atoms with Crippen molar-refractivity contribution in [3.63, 3.8) is 0 Å². The second kappa shape index (κ2) is 7.75. The first kappa shape index (κ1) is 17.6. The van der Waals surface area contributed by atoms with Crippen LogP contribution in [0.1, 0.15) is 0 Å². The molecule has 0 aliphatic rings. The first-order valence-electron chi connectivity index (χ1n) is 7.59. The van der Waals surface area contributed by atoms with Gasteiger partial charge in [-0.2, -0.15) is 0 Å². The van der Waals surface area contributed by atoms with Crippen molar-refractivity contribution in [1.82, 2.24) is 15.0 Å². The highest BCUT2D eigenvalue weighted by Crippen LogP contribution is 2.34. The van der Waals surface area contributed by atoms with Crippen molar-refractivity contribution in [2.45, 2.75) is 0 Å². The summed E-state index contributed by atoms with van der Waals surface area (Å²) in [4.78, 5) is 12.4. The maximum atomic E-state index is 6.20. The Morgan fingerprint density at radius 1 is 0.962 bits per heavy atom. The standard InChI is InChI=1S/C17H17ClN6O2/c1-25-10-5-6-11(13(8-10)26-2)23-16-14(19)17(22-9-21-16)24-12-4-3-7-20-15(12)18/h3-9H,19H2,1-2H3,(H2,21,22,23,24). The molecule has 0 saturated carbocycles. The van der Waals surface area contributed by atoms with Crippen LogP contribution in [0.25, 0.3) is 0 Å². The quantitative estimate of drug-likeness (QED) is 0.563. The molecule has 4 N–H and O–H groups in total. The van der Waals surface area contributed by atoms with E-state index < -0.39 is 0 Å². The van der Waals surface area contributed by atoms with E-state index in [1.165, 1.54) is 6.33 Å². The first-order valence-corrected chi connectivity index (χ1v) is 7.97. The second-order valence-corrected chi connectivity index (χ2v) is 5.50. The van der Waals surface area contributed by atoms with E-state index in [4.69, 9.17) is 26.8 Å². The minimum Gasteiger partial charge on any atom is -0.497 e. The van der Waals surface area contributed by atoms with Gasteiger partial charge in [0.25, 0.3) is 0 Å². The highest BCUT2D eigenvalue weighted by atomic mass is 35.5. The summed E-state index contributed by atoms with van der Waals surface area (Å²) in [5.41, 5.74) is 7.80. The van der Waals surface area contributed by atoms with Crippen LogP contribution in [0.4, 0.5) is 28.7 Å². The number of nitrogens with zero attached hydrogens (tertiary/aromatic N) is 3. The molecular formula is C17H17ClN6O2. The molecule has 134 valence electrons.